The third kappa shape index (κ3) is 65.8. The molecule has 0 aliphatic heterocycles. The normalized spacial score (nSPS) is 13.9. The summed E-state index contributed by atoms with van der Waals surface area (Å²) in [5.41, 5.74) is 0. The van der Waals surface area contributed by atoms with Crippen LogP contribution in [0.15, 0.2) is 182 Å². The topological polar surface area (TPSA) is 111 Å². The molecule has 0 N–H and O–H groups in total. The van der Waals surface area contributed by atoms with Crippen molar-refractivity contribution in [1.29, 1.82) is 0 Å². The molecule has 0 radical (unpaired) electrons. The third-order valence-corrected chi connectivity index (χ3v) is 13.1. The van der Waals surface area contributed by atoms with Gasteiger partial charge in [0.25, 0.3) is 0 Å². The summed E-state index contributed by atoms with van der Waals surface area (Å²) in [6, 6.07) is 0. The number of ether oxygens (including phenoxy) is 4. The van der Waals surface area contributed by atoms with Gasteiger partial charge in [0.05, 0.1) is 40.3 Å². The van der Waals surface area contributed by atoms with E-state index in [1.54, 1.807) is 0 Å². The van der Waals surface area contributed by atoms with Crippen molar-refractivity contribution in [3.63, 3.8) is 0 Å². The Morgan fingerprint density at radius 2 is 0.671 bits per heavy atom. The standard InChI is InChI=1S/C76H119NO8/c1-6-8-10-12-14-16-18-20-22-24-26-28-29-30-31-32-33-34-35-36-37-38-39-40-41-42-43-44-45-47-49-51-53-55-57-59-61-63-65-67-74(79)85-72(71-84-76(75(80)81)82-69-68-77(3,4)5)70-83-73(78)66-64-62-60-58-56-54-52-50-48-46-27-25-23-21-19-17-15-13-11-9-7-2/h8,10,14,16,19-22,25-28,30-31,33-34,36-37,39-40,42-43,45,47-48,50-51,53,57,59,72,76H,6-7,9,11-13,15,17-18,23-24,29,32,35,38,41,44,46,49,52,54-56,58,60-71H2,1-5H3/b10-8-,16-14-,21-19-,22-20-,27-25-,28-26-,31-30-,34-33-,37-36-,40-39-,43-42-,47-45-,50-48-,53-51-,59-57-. The summed E-state index contributed by atoms with van der Waals surface area (Å²) < 4.78 is 22.7. The van der Waals surface area contributed by atoms with Crippen LogP contribution in [0, 0.1) is 0 Å². The van der Waals surface area contributed by atoms with Crippen LogP contribution in [-0.4, -0.2) is 82.3 Å². The molecule has 0 spiro atoms. The van der Waals surface area contributed by atoms with Gasteiger partial charge in [-0.2, -0.15) is 0 Å². The lowest BCUT2D eigenvalue weighted by molar-refractivity contribution is -0.870. The van der Waals surface area contributed by atoms with E-state index in [-0.39, 0.29) is 32.7 Å². The number of carbonyl (C=O) groups excluding carboxylic acids is 3. The minimum absolute atomic E-state index is 0.126. The van der Waals surface area contributed by atoms with Gasteiger partial charge in [0.1, 0.15) is 13.2 Å². The lowest BCUT2D eigenvalue weighted by Gasteiger charge is -2.26. The molecule has 0 aliphatic rings. The Kier molecular flexibility index (Phi) is 60.1. The summed E-state index contributed by atoms with van der Waals surface area (Å²) in [5, 5.41) is 11.8. The molecule has 0 aromatic carbocycles. The number of hydrogen-bond donors (Lipinski definition) is 0. The number of nitrogens with zero attached hydrogens (tertiary/aromatic N) is 1. The van der Waals surface area contributed by atoms with Crippen molar-refractivity contribution >= 4 is 17.9 Å². The molecule has 0 aromatic rings. The second-order valence-electron chi connectivity index (χ2n) is 22.3. The van der Waals surface area contributed by atoms with E-state index >= 15 is 0 Å². The predicted molar refractivity (Wildman–Crippen MR) is 361 cm³/mol. The maximum Gasteiger partial charge on any atom is 0.306 e. The minimum atomic E-state index is -1.65. The number of unbranched alkanes of at least 4 members (excludes halogenated alkanes) is 13. The van der Waals surface area contributed by atoms with Crippen LogP contribution in [-0.2, 0) is 33.3 Å². The van der Waals surface area contributed by atoms with E-state index < -0.39 is 30.3 Å². The Morgan fingerprint density at radius 3 is 1.02 bits per heavy atom. The van der Waals surface area contributed by atoms with Gasteiger partial charge in [-0.25, -0.2) is 0 Å². The Labute approximate surface area is 519 Å². The number of esters is 2. The molecule has 0 amide bonds. The zero-order valence-corrected chi connectivity index (χ0v) is 54.1. The largest absolute Gasteiger partial charge is 0.545 e. The number of quaternary nitrogens is 1. The molecular weight excluding hydrogens is 1050 g/mol. The lowest BCUT2D eigenvalue weighted by Crippen LogP contribution is -2.44. The maximum absolute atomic E-state index is 12.9. The molecule has 0 heterocycles. The fourth-order valence-electron chi connectivity index (χ4n) is 8.11. The zero-order chi connectivity index (χ0) is 61.9. The van der Waals surface area contributed by atoms with Crippen LogP contribution in [0.1, 0.15) is 219 Å². The number of carbonyl (C=O) groups is 3. The number of carboxylic acid groups (broad SMARTS) is 1. The maximum atomic E-state index is 12.9. The number of aliphatic carboxylic acids is 1. The molecule has 0 saturated carbocycles. The number of rotatable bonds is 58. The van der Waals surface area contributed by atoms with Gasteiger partial charge in [0, 0.05) is 12.8 Å². The van der Waals surface area contributed by atoms with Gasteiger partial charge in [-0.1, -0.05) is 247 Å². The average Bonchev–Trinajstić information content (AvgIpc) is 3.49. The van der Waals surface area contributed by atoms with Crippen LogP contribution in [0.3, 0.4) is 0 Å². The van der Waals surface area contributed by atoms with E-state index in [2.05, 4.69) is 196 Å². The number of likely N-dealkylation sites (N-methyl/N-ethyl adjacent to an activating group) is 1. The third-order valence-electron chi connectivity index (χ3n) is 13.1. The molecule has 2 atom stereocenters. The summed E-state index contributed by atoms with van der Waals surface area (Å²) >= 11 is 0. The highest BCUT2D eigenvalue weighted by molar-refractivity contribution is 5.70. The van der Waals surface area contributed by atoms with Crippen LogP contribution in [0.4, 0.5) is 0 Å². The highest BCUT2D eigenvalue weighted by atomic mass is 16.7. The van der Waals surface area contributed by atoms with Gasteiger partial charge in [-0.15, -0.1) is 0 Å². The molecule has 0 aromatic heterocycles. The highest BCUT2D eigenvalue weighted by Crippen LogP contribution is 2.13. The monoisotopic (exact) mass is 1170 g/mol. The van der Waals surface area contributed by atoms with E-state index in [9.17, 15) is 19.5 Å². The molecule has 0 fully saturated rings. The second-order valence-corrected chi connectivity index (χ2v) is 22.3. The molecule has 9 heteroatoms. The molecular formula is C76H119NO8. The highest BCUT2D eigenvalue weighted by Gasteiger charge is 2.22. The van der Waals surface area contributed by atoms with Crippen LogP contribution >= 0.6 is 0 Å². The summed E-state index contributed by atoms with van der Waals surface area (Å²) in [7, 11) is 5.89. The summed E-state index contributed by atoms with van der Waals surface area (Å²) in [5.74, 6) is -2.38. The van der Waals surface area contributed by atoms with E-state index in [4.69, 9.17) is 18.9 Å². The average molecular weight is 1170 g/mol. The van der Waals surface area contributed by atoms with Gasteiger partial charge < -0.3 is 33.3 Å². The van der Waals surface area contributed by atoms with E-state index in [0.29, 0.717) is 23.9 Å². The second kappa shape index (κ2) is 64.4. The molecule has 0 saturated heterocycles. The quantitative estimate of drug-likeness (QED) is 0.0195. The first kappa shape index (κ1) is 79.4. The molecule has 0 bridgehead atoms. The first-order valence-corrected chi connectivity index (χ1v) is 32.9. The molecule has 85 heavy (non-hydrogen) atoms. The lowest BCUT2D eigenvalue weighted by atomic mass is 10.1. The Hall–Kier alpha value is -5.61. The van der Waals surface area contributed by atoms with Gasteiger partial charge in [-0.3, -0.25) is 9.59 Å². The SMILES string of the molecule is CC/C=C\C/C=C\C/C=C\C/C=C\C/C=C\C/C=C\C/C=C\C/C=C\C/C=C\C/C=C\C/C=C\C/C=C\CCCCC(=O)OC(COC(=O)CCCCCCCC/C=C\C/C=C\C/C=C\CCCCCCC)COC(OCC[N+](C)(C)C)C(=O)[O-]. The van der Waals surface area contributed by atoms with Crippen molar-refractivity contribution in [3.8, 4) is 0 Å². The fourth-order valence-corrected chi connectivity index (χ4v) is 8.11. The molecule has 0 rings (SSSR count). The summed E-state index contributed by atoms with van der Waals surface area (Å²) in [6.07, 6.45) is 95.3. The van der Waals surface area contributed by atoms with E-state index in [0.717, 1.165) is 141 Å². The van der Waals surface area contributed by atoms with Crippen molar-refractivity contribution in [1.82, 2.24) is 0 Å². The van der Waals surface area contributed by atoms with Crippen molar-refractivity contribution in [2.45, 2.75) is 232 Å². The minimum Gasteiger partial charge on any atom is -0.545 e. The molecule has 0 aliphatic carbocycles. The van der Waals surface area contributed by atoms with Crippen molar-refractivity contribution in [3.05, 3.63) is 182 Å². The van der Waals surface area contributed by atoms with Gasteiger partial charge >= 0.3 is 11.9 Å². The Morgan fingerprint density at radius 1 is 0.365 bits per heavy atom. The van der Waals surface area contributed by atoms with Crippen LogP contribution < -0.4 is 5.11 Å². The van der Waals surface area contributed by atoms with Crippen LogP contribution in [0.5, 0.6) is 0 Å². The first-order valence-electron chi connectivity index (χ1n) is 32.9. The molecule has 9 nitrogen and oxygen atoms in total. The van der Waals surface area contributed by atoms with Gasteiger partial charge in [-0.05, 0) is 141 Å². The zero-order valence-electron chi connectivity index (χ0n) is 54.1. The van der Waals surface area contributed by atoms with Crippen molar-refractivity contribution in [2.75, 3.05) is 47.5 Å². The van der Waals surface area contributed by atoms with Crippen LogP contribution in [0.2, 0.25) is 0 Å². The van der Waals surface area contributed by atoms with Crippen LogP contribution in [0.25, 0.3) is 0 Å². The number of carboxylic acids is 1. The fraction of sp³-hybridized carbons (Fsp3) is 0.566. The first-order chi connectivity index (χ1) is 41.6. The van der Waals surface area contributed by atoms with Crippen molar-refractivity contribution in [2.24, 2.45) is 0 Å². The smallest absolute Gasteiger partial charge is 0.306 e. The van der Waals surface area contributed by atoms with Gasteiger partial charge in [0.15, 0.2) is 12.4 Å². The van der Waals surface area contributed by atoms with Gasteiger partial charge in [0.2, 0.25) is 0 Å². The molecule has 2 unspecified atom stereocenters. The summed E-state index contributed by atoms with van der Waals surface area (Å²) in [6.45, 7) is 4.53. The summed E-state index contributed by atoms with van der Waals surface area (Å²) in [4.78, 5) is 37.4. The van der Waals surface area contributed by atoms with E-state index in [1.165, 1.54) is 38.5 Å². The number of hydrogen-bond acceptors (Lipinski definition) is 8. The van der Waals surface area contributed by atoms with E-state index in [1.807, 2.05) is 21.1 Å². The molecule has 476 valence electrons. The Bertz CT molecular complexity index is 2050. The number of allylic oxidation sites excluding steroid dienone is 30. The van der Waals surface area contributed by atoms with Crippen molar-refractivity contribution < 1.29 is 42.9 Å². The predicted octanol–water partition coefficient (Wildman–Crippen LogP) is 19.1. The Balaban J connectivity index is 4.34.